The Morgan fingerprint density at radius 3 is 2.45 bits per heavy atom. The Morgan fingerprint density at radius 1 is 0.864 bits per heavy atom. The molecule has 0 aliphatic carbocycles. The van der Waals surface area contributed by atoms with Gasteiger partial charge in [-0.25, -0.2) is 0 Å². The van der Waals surface area contributed by atoms with Gasteiger partial charge in [0.2, 0.25) is 0 Å². The van der Waals surface area contributed by atoms with Gasteiger partial charge in [-0.15, -0.1) is 0 Å². The Hall–Kier alpha value is -0.460. The lowest BCUT2D eigenvalue weighted by Crippen LogP contribution is -2.49. The minimum Gasteiger partial charge on any atom is -0.371 e. The third-order valence-electron chi connectivity index (χ3n) is 5.11. The first-order chi connectivity index (χ1) is 10.6. The molecule has 0 aromatic carbocycles. The topological polar surface area (TPSA) is 46.2 Å². The predicted molar refractivity (Wildman–Crippen MR) is 79.6 cm³/mol. The van der Waals surface area contributed by atoms with Crippen molar-refractivity contribution in [1.29, 1.82) is 0 Å². The first-order valence-electron chi connectivity index (χ1n) is 8.52. The highest BCUT2D eigenvalue weighted by molar-refractivity contribution is 5.01. The molecular formula is C17H26O5. The van der Waals surface area contributed by atoms with Gasteiger partial charge < -0.3 is 23.7 Å². The van der Waals surface area contributed by atoms with E-state index in [0.717, 1.165) is 25.7 Å². The Kier molecular flexibility index (Phi) is 4.03. The zero-order chi connectivity index (χ0) is 15.2. The summed E-state index contributed by atoms with van der Waals surface area (Å²) in [5, 5.41) is 0. The fourth-order valence-corrected chi connectivity index (χ4v) is 3.97. The quantitative estimate of drug-likeness (QED) is 0.642. The summed E-state index contributed by atoms with van der Waals surface area (Å²) in [4.78, 5) is 0. The zero-order valence-corrected chi connectivity index (χ0v) is 13.4. The molecule has 0 bridgehead atoms. The average molecular weight is 310 g/mol. The Labute approximate surface area is 131 Å². The van der Waals surface area contributed by atoms with Crippen LogP contribution in [0.15, 0.2) is 12.2 Å². The summed E-state index contributed by atoms with van der Waals surface area (Å²) in [5.74, 6) is -0.511. The molecule has 6 atom stereocenters. The second-order valence-corrected chi connectivity index (χ2v) is 7.17. The fraction of sp³-hybridized carbons (Fsp3) is 0.882. The molecule has 4 rings (SSSR count). The van der Waals surface area contributed by atoms with Crippen molar-refractivity contribution in [3.63, 3.8) is 0 Å². The number of ether oxygens (including phenoxy) is 5. The highest BCUT2D eigenvalue weighted by Gasteiger charge is 2.44. The van der Waals surface area contributed by atoms with Crippen LogP contribution in [0.3, 0.4) is 0 Å². The van der Waals surface area contributed by atoms with Crippen molar-refractivity contribution < 1.29 is 23.7 Å². The van der Waals surface area contributed by atoms with Crippen LogP contribution in [-0.2, 0) is 23.7 Å². The van der Waals surface area contributed by atoms with Crippen LogP contribution in [0.5, 0.6) is 0 Å². The lowest BCUT2D eigenvalue weighted by molar-refractivity contribution is -0.313. The van der Waals surface area contributed by atoms with Gasteiger partial charge in [-0.05, 0) is 39.5 Å². The summed E-state index contributed by atoms with van der Waals surface area (Å²) in [6.07, 6.45) is 8.71. The molecule has 0 aromatic rings. The summed E-state index contributed by atoms with van der Waals surface area (Å²) < 4.78 is 30.3. The smallest absolute Gasteiger partial charge is 0.163 e. The maximum absolute atomic E-state index is 6.34. The van der Waals surface area contributed by atoms with Crippen LogP contribution in [0.2, 0.25) is 0 Å². The van der Waals surface area contributed by atoms with Crippen LogP contribution in [0.4, 0.5) is 0 Å². The van der Waals surface area contributed by atoms with Crippen molar-refractivity contribution in [1.82, 2.24) is 0 Å². The fourth-order valence-electron chi connectivity index (χ4n) is 3.97. The highest BCUT2D eigenvalue weighted by Crippen LogP contribution is 2.36. The largest absolute Gasteiger partial charge is 0.371 e. The molecule has 0 spiro atoms. The van der Waals surface area contributed by atoms with Crippen LogP contribution < -0.4 is 0 Å². The van der Waals surface area contributed by atoms with E-state index in [1.54, 1.807) is 0 Å². The van der Waals surface area contributed by atoms with Gasteiger partial charge in [-0.1, -0.05) is 12.2 Å². The van der Waals surface area contributed by atoms with E-state index in [4.69, 9.17) is 23.7 Å². The molecular weight excluding hydrogens is 284 g/mol. The van der Waals surface area contributed by atoms with E-state index < -0.39 is 5.79 Å². The van der Waals surface area contributed by atoms with Gasteiger partial charge in [0.25, 0.3) is 0 Å². The van der Waals surface area contributed by atoms with Gasteiger partial charge >= 0.3 is 0 Å². The molecule has 0 N–H and O–H groups in total. The monoisotopic (exact) mass is 310 g/mol. The maximum Gasteiger partial charge on any atom is 0.163 e. The molecule has 3 fully saturated rings. The molecule has 0 amide bonds. The van der Waals surface area contributed by atoms with Gasteiger partial charge in [0.15, 0.2) is 5.79 Å². The standard InChI is InChI=1S/C17H26O5/c1-17(2)19-10-16-15(22-17)8-7-13-14(21-16)6-5-11-12(20-13)4-3-9-18-11/h3-4,11-16H,5-10H2,1-2H3/t11-,12+,13-,14+,15+,16-/m0/s1. The van der Waals surface area contributed by atoms with E-state index in [1.807, 2.05) is 13.8 Å². The number of hydrogen-bond acceptors (Lipinski definition) is 5. The van der Waals surface area contributed by atoms with Crippen LogP contribution in [0, 0.1) is 0 Å². The van der Waals surface area contributed by atoms with E-state index in [1.165, 1.54) is 0 Å². The predicted octanol–water partition coefficient (Wildman–Crippen LogP) is 2.19. The minimum atomic E-state index is -0.511. The van der Waals surface area contributed by atoms with E-state index in [9.17, 15) is 0 Å². The van der Waals surface area contributed by atoms with Crippen molar-refractivity contribution in [2.24, 2.45) is 0 Å². The summed E-state index contributed by atoms with van der Waals surface area (Å²) in [5.41, 5.74) is 0. The van der Waals surface area contributed by atoms with Crippen molar-refractivity contribution >= 4 is 0 Å². The number of rotatable bonds is 0. The zero-order valence-electron chi connectivity index (χ0n) is 13.4. The lowest BCUT2D eigenvalue weighted by atomic mass is 10.0. The summed E-state index contributed by atoms with van der Waals surface area (Å²) in [6, 6.07) is 0. The lowest BCUT2D eigenvalue weighted by Gasteiger charge is -2.40. The molecule has 4 aliphatic heterocycles. The Morgan fingerprint density at radius 2 is 1.59 bits per heavy atom. The first kappa shape index (κ1) is 15.1. The molecule has 124 valence electrons. The molecule has 5 heteroatoms. The van der Waals surface area contributed by atoms with Crippen molar-refractivity contribution in [3.05, 3.63) is 12.2 Å². The van der Waals surface area contributed by atoms with Crippen LogP contribution >= 0.6 is 0 Å². The van der Waals surface area contributed by atoms with Crippen LogP contribution in [-0.4, -0.2) is 55.6 Å². The number of fused-ring (bicyclic) bond motifs is 3. The second kappa shape index (κ2) is 5.87. The molecule has 5 nitrogen and oxygen atoms in total. The molecule has 0 aromatic heterocycles. The van der Waals surface area contributed by atoms with Gasteiger partial charge in [0.05, 0.1) is 37.6 Å². The average Bonchev–Trinajstić information content (AvgIpc) is 2.76. The molecule has 0 saturated carbocycles. The first-order valence-corrected chi connectivity index (χ1v) is 8.52. The summed E-state index contributed by atoms with van der Waals surface area (Å²) >= 11 is 0. The minimum absolute atomic E-state index is 0.0169. The van der Waals surface area contributed by atoms with Gasteiger partial charge in [-0.2, -0.15) is 0 Å². The van der Waals surface area contributed by atoms with E-state index in [2.05, 4.69) is 12.2 Å². The molecule has 22 heavy (non-hydrogen) atoms. The number of hydrogen-bond donors (Lipinski definition) is 0. The van der Waals surface area contributed by atoms with Gasteiger partial charge in [0, 0.05) is 0 Å². The van der Waals surface area contributed by atoms with Crippen LogP contribution in [0.1, 0.15) is 39.5 Å². The Bertz CT molecular complexity index is 435. The van der Waals surface area contributed by atoms with Gasteiger partial charge in [-0.3, -0.25) is 0 Å². The summed E-state index contributed by atoms with van der Waals surface area (Å²) in [7, 11) is 0. The normalized spacial score (nSPS) is 47.5. The molecule has 3 saturated heterocycles. The Balaban J connectivity index is 1.48. The van der Waals surface area contributed by atoms with Crippen molar-refractivity contribution in [2.75, 3.05) is 13.2 Å². The summed E-state index contributed by atoms with van der Waals surface area (Å²) in [6.45, 7) is 5.24. The highest BCUT2D eigenvalue weighted by atomic mass is 16.7. The SMILES string of the molecule is CC1(C)OC[C@@H]2O[C@@H]3CC[C@@H]4OCC=C[C@H]4O[C@H]3CC[C@H]2O1. The third-order valence-corrected chi connectivity index (χ3v) is 5.11. The molecule has 4 heterocycles. The molecule has 0 radical (unpaired) electrons. The van der Waals surface area contributed by atoms with E-state index in [0.29, 0.717) is 13.2 Å². The maximum atomic E-state index is 6.34. The van der Waals surface area contributed by atoms with E-state index in [-0.39, 0.29) is 36.6 Å². The van der Waals surface area contributed by atoms with E-state index >= 15 is 0 Å². The van der Waals surface area contributed by atoms with Crippen molar-refractivity contribution in [3.8, 4) is 0 Å². The van der Waals surface area contributed by atoms with Crippen molar-refractivity contribution in [2.45, 2.75) is 81.9 Å². The molecule has 0 unspecified atom stereocenters. The third kappa shape index (κ3) is 2.97. The van der Waals surface area contributed by atoms with Gasteiger partial charge in [0.1, 0.15) is 12.2 Å². The molecule has 4 aliphatic rings. The second-order valence-electron chi connectivity index (χ2n) is 7.17. The van der Waals surface area contributed by atoms with Crippen LogP contribution in [0.25, 0.3) is 0 Å².